The van der Waals surface area contributed by atoms with Gasteiger partial charge in [0.2, 0.25) is 15.9 Å². The molecule has 1 aromatic heterocycles. The fraction of sp³-hybridized carbons (Fsp3) is 0.444. The molecule has 0 N–H and O–H groups in total. The Morgan fingerprint density at radius 1 is 1.14 bits per heavy atom. The third-order valence-corrected chi connectivity index (χ3v) is 7.18. The molecule has 1 aromatic carbocycles. The minimum absolute atomic E-state index is 0.00415. The molecule has 0 bridgehead atoms. The van der Waals surface area contributed by atoms with Crippen molar-refractivity contribution in [3.63, 3.8) is 0 Å². The van der Waals surface area contributed by atoms with Gasteiger partial charge in [-0.3, -0.25) is 19.6 Å². The topological polar surface area (TPSA) is 119 Å². The molecule has 1 saturated heterocycles. The number of nitrogens with zero attached hydrogens (tertiary/aromatic N) is 5. The number of amides is 1. The zero-order valence-electron chi connectivity index (χ0n) is 16.5. The molecule has 0 atom stereocenters. The first-order valence-electron chi connectivity index (χ1n) is 9.12. The number of rotatable bonds is 5. The number of aromatic nitrogens is 2. The first kappa shape index (κ1) is 20.9. The maximum atomic E-state index is 12.8. The predicted molar refractivity (Wildman–Crippen MR) is 105 cm³/mol. The van der Waals surface area contributed by atoms with Crippen molar-refractivity contribution in [2.24, 2.45) is 7.05 Å². The number of nitro benzene ring substituents is 1. The summed E-state index contributed by atoms with van der Waals surface area (Å²) >= 11 is 0. The van der Waals surface area contributed by atoms with Crippen molar-refractivity contribution >= 4 is 21.6 Å². The Morgan fingerprint density at radius 2 is 1.72 bits per heavy atom. The lowest BCUT2D eigenvalue weighted by molar-refractivity contribution is -0.384. The van der Waals surface area contributed by atoms with Gasteiger partial charge >= 0.3 is 0 Å². The third-order valence-electron chi connectivity index (χ3n) is 5.26. The van der Waals surface area contributed by atoms with Crippen LogP contribution in [0.4, 0.5) is 5.69 Å². The number of nitro groups is 1. The lowest BCUT2D eigenvalue weighted by Crippen LogP contribution is -2.50. The van der Waals surface area contributed by atoms with Gasteiger partial charge in [0.15, 0.2) is 0 Å². The third kappa shape index (κ3) is 4.15. The number of carbonyl (C=O) groups excluding carboxylic acids is 1. The summed E-state index contributed by atoms with van der Waals surface area (Å²) in [6.45, 7) is 4.72. The zero-order chi connectivity index (χ0) is 21.3. The average Bonchev–Trinajstić information content (AvgIpc) is 2.94. The molecule has 0 unspecified atom stereocenters. The van der Waals surface area contributed by atoms with Crippen molar-refractivity contribution in [1.82, 2.24) is 19.0 Å². The van der Waals surface area contributed by atoms with Gasteiger partial charge in [0, 0.05) is 56.6 Å². The highest BCUT2D eigenvalue weighted by Gasteiger charge is 2.30. The molecule has 0 radical (unpaired) electrons. The fourth-order valence-electron chi connectivity index (χ4n) is 3.40. The molecule has 3 rings (SSSR count). The molecular weight excluding hydrogens is 398 g/mol. The smallest absolute Gasteiger partial charge is 0.269 e. The summed E-state index contributed by atoms with van der Waals surface area (Å²) in [5.74, 6) is -0.0587. The molecule has 2 heterocycles. The van der Waals surface area contributed by atoms with Crippen LogP contribution >= 0.6 is 0 Å². The van der Waals surface area contributed by atoms with Crippen LogP contribution in [0.5, 0.6) is 0 Å². The summed E-state index contributed by atoms with van der Waals surface area (Å²) in [6.07, 6.45) is 0.237. The Labute approximate surface area is 168 Å². The van der Waals surface area contributed by atoms with E-state index in [4.69, 9.17) is 0 Å². The Balaban J connectivity index is 1.64. The number of aryl methyl sites for hydroxylation is 2. The van der Waals surface area contributed by atoms with Gasteiger partial charge in [-0.1, -0.05) is 0 Å². The highest BCUT2D eigenvalue weighted by atomic mass is 32.2. The van der Waals surface area contributed by atoms with E-state index in [0.717, 1.165) is 17.0 Å². The van der Waals surface area contributed by atoms with Crippen LogP contribution in [-0.2, 0) is 28.3 Å². The van der Waals surface area contributed by atoms with Crippen molar-refractivity contribution in [2.45, 2.75) is 25.2 Å². The molecule has 2 aromatic rings. The van der Waals surface area contributed by atoms with Crippen molar-refractivity contribution in [3.8, 4) is 0 Å². The zero-order valence-corrected chi connectivity index (χ0v) is 17.3. The number of hydrogen-bond donors (Lipinski definition) is 0. The molecule has 29 heavy (non-hydrogen) atoms. The van der Waals surface area contributed by atoms with Crippen LogP contribution in [0.3, 0.4) is 0 Å². The Morgan fingerprint density at radius 3 is 2.21 bits per heavy atom. The molecule has 1 aliphatic rings. The Kier molecular flexibility index (Phi) is 5.71. The van der Waals surface area contributed by atoms with Crippen molar-refractivity contribution in [1.29, 1.82) is 0 Å². The number of carbonyl (C=O) groups is 1. The van der Waals surface area contributed by atoms with E-state index in [9.17, 15) is 23.3 Å². The van der Waals surface area contributed by atoms with E-state index in [2.05, 4.69) is 5.10 Å². The summed E-state index contributed by atoms with van der Waals surface area (Å²) in [6, 6.07) is 4.81. The van der Waals surface area contributed by atoms with Crippen LogP contribution in [0.2, 0.25) is 0 Å². The summed E-state index contributed by atoms with van der Waals surface area (Å²) in [7, 11) is -1.93. The maximum Gasteiger partial charge on any atom is 0.269 e. The van der Waals surface area contributed by atoms with E-state index in [-0.39, 0.29) is 36.0 Å². The summed E-state index contributed by atoms with van der Waals surface area (Å²) < 4.78 is 28.6. The molecule has 11 heteroatoms. The number of piperazine rings is 1. The van der Waals surface area contributed by atoms with Crippen LogP contribution in [0, 0.1) is 24.0 Å². The minimum atomic E-state index is -3.76. The summed E-state index contributed by atoms with van der Waals surface area (Å²) in [5, 5.41) is 15.1. The lowest BCUT2D eigenvalue weighted by atomic mass is 10.1. The van der Waals surface area contributed by atoms with Gasteiger partial charge in [0.05, 0.1) is 21.9 Å². The van der Waals surface area contributed by atoms with Crippen LogP contribution < -0.4 is 0 Å². The largest absolute Gasteiger partial charge is 0.340 e. The van der Waals surface area contributed by atoms with Crippen molar-refractivity contribution in [3.05, 3.63) is 51.3 Å². The molecule has 1 fully saturated rings. The van der Waals surface area contributed by atoms with E-state index in [1.54, 1.807) is 9.58 Å². The molecule has 1 aliphatic heterocycles. The number of non-ortho nitro benzene ring substituents is 1. The van der Waals surface area contributed by atoms with Crippen molar-refractivity contribution in [2.75, 3.05) is 26.2 Å². The fourth-order valence-corrected chi connectivity index (χ4v) is 4.83. The van der Waals surface area contributed by atoms with Gasteiger partial charge in [-0.25, -0.2) is 8.42 Å². The van der Waals surface area contributed by atoms with Crippen LogP contribution in [-0.4, -0.2) is 64.4 Å². The molecule has 0 aliphatic carbocycles. The second-order valence-electron chi connectivity index (χ2n) is 6.99. The number of benzene rings is 1. The van der Waals surface area contributed by atoms with Crippen LogP contribution in [0.25, 0.3) is 0 Å². The number of hydrogen-bond acceptors (Lipinski definition) is 6. The highest BCUT2D eigenvalue weighted by Crippen LogP contribution is 2.21. The quantitative estimate of drug-likeness (QED) is 0.525. The second-order valence-corrected chi connectivity index (χ2v) is 8.92. The van der Waals surface area contributed by atoms with Crippen molar-refractivity contribution < 1.29 is 18.1 Å². The summed E-state index contributed by atoms with van der Waals surface area (Å²) in [4.78, 5) is 24.5. The second kappa shape index (κ2) is 7.91. The van der Waals surface area contributed by atoms with E-state index < -0.39 is 14.9 Å². The van der Waals surface area contributed by atoms with E-state index in [1.807, 2.05) is 20.9 Å². The first-order chi connectivity index (χ1) is 13.6. The van der Waals surface area contributed by atoms with E-state index in [1.165, 1.54) is 28.6 Å². The Bertz CT molecular complexity index is 1040. The van der Waals surface area contributed by atoms with Gasteiger partial charge in [-0.15, -0.1) is 0 Å². The number of sulfonamides is 1. The van der Waals surface area contributed by atoms with E-state index >= 15 is 0 Å². The van der Waals surface area contributed by atoms with Gasteiger partial charge < -0.3 is 4.90 Å². The maximum absolute atomic E-state index is 12.8. The predicted octanol–water partition coefficient (Wildman–Crippen LogP) is 1.02. The molecule has 0 spiro atoms. The first-order valence-corrected chi connectivity index (χ1v) is 10.6. The van der Waals surface area contributed by atoms with Gasteiger partial charge in [0.25, 0.3) is 5.69 Å². The standard InChI is InChI=1S/C18H23N5O5S/c1-13-17(14(2)20(3)19-13)12-18(24)21-8-10-22(11-9-21)29(27,28)16-6-4-15(5-7-16)23(25)26/h4-7H,8-12H2,1-3H3. The average molecular weight is 421 g/mol. The normalized spacial score (nSPS) is 15.5. The molecule has 10 nitrogen and oxygen atoms in total. The van der Waals surface area contributed by atoms with Crippen LogP contribution in [0.1, 0.15) is 17.0 Å². The van der Waals surface area contributed by atoms with E-state index in [0.29, 0.717) is 13.1 Å². The molecule has 156 valence electrons. The molecule has 0 saturated carbocycles. The lowest BCUT2D eigenvalue weighted by Gasteiger charge is -2.34. The monoisotopic (exact) mass is 421 g/mol. The molecule has 1 amide bonds. The SMILES string of the molecule is Cc1nn(C)c(C)c1CC(=O)N1CCN(S(=O)(=O)c2ccc([N+](=O)[O-])cc2)CC1. The summed E-state index contributed by atoms with van der Waals surface area (Å²) in [5.41, 5.74) is 2.49. The van der Waals surface area contributed by atoms with Gasteiger partial charge in [-0.05, 0) is 26.0 Å². The minimum Gasteiger partial charge on any atom is -0.340 e. The Hall–Kier alpha value is -2.79. The molecular formula is C18H23N5O5S. The van der Waals surface area contributed by atoms with Gasteiger partial charge in [-0.2, -0.15) is 9.40 Å². The van der Waals surface area contributed by atoms with Gasteiger partial charge in [0.1, 0.15) is 0 Å². The van der Waals surface area contributed by atoms with Crippen LogP contribution in [0.15, 0.2) is 29.2 Å². The highest BCUT2D eigenvalue weighted by molar-refractivity contribution is 7.89.